The second-order valence-electron chi connectivity index (χ2n) is 11.8. The van der Waals surface area contributed by atoms with E-state index in [1.807, 2.05) is 25.1 Å². The molecule has 3 aliphatic rings. The van der Waals surface area contributed by atoms with Crippen LogP contribution in [-0.4, -0.2) is 51.2 Å². The van der Waals surface area contributed by atoms with Crippen LogP contribution < -0.4 is 4.90 Å². The first-order chi connectivity index (χ1) is 19.7. The van der Waals surface area contributed by atoms with Crippen LogP contribution >= 0.6 is 0 Å². The highest BCUT2D eigenvalue weighted by Gasteiger charge is 2.27. The predicted molar refractivity (Wildman–Crippen MR) is 168 cm³/mol. The number of ether oxygens (including phenoxy) is 2. The molecular weight excluding hydrogens is 532 g/mol. The molecule has 41 heavy (non-hydrogen) atoms. The lowest BCUT2D eigenvalue weighted by molar-refractivity contribution is 0.0685. The Morgan fingerprint density at radius 2 is 1.85 bits per heavy atom. The highest BCUT2D eigenvalue weighted by molar-refractivity contribution is 7.92. The fourth-order valence-corrected chi connectivity index (χ4v) is 6.92. The van der Waals surface area contributed by atoms with Crippen molar-refractivity contribution in [3.05, 3.63) is 83.9 Å². The zero-order chi connectivity index (χ0) is 29.4. The molecule has 7 heteroatoms. The summed E-state index contributed by atoms with van der Waals surface area (Å²) in [5.41, 5.74) is 3.56. The number of benzene rings is 1. The molecule has 224 valence electrons. The molecule has 1 aliphatic carbocycles. The van der Waals surface area contributed by atoms with Gasteiger partial charge in [-0.3, -0.25) is 4.90 Å². The average molecular weight is 581 g/mol. The van der Waals surface area contributed by atoms with Crippen molar-refractivity contribution in [1.82, 2.24) is 4.90 Å². The number of anilines is 1. The summed E-state index contributed by atoms with van der Waals surface area (Å²) in [5.74, 6) is 2.74. The molecule has 1 aromatic rings. The van der Waals surface area contributed by atoms with E-state index in [0.717, 1.165) is 56.0 Å². The van der Waals surface area contributed by atoms with Gasteiger partial charge in [-0.25, -0.2) is 8.42 Å². The second-order valence-corrected chi connectivity index (χ2v) is 14.2. The molecule has 4 rings (SSSR count). The van der Waals surface area contributed by atoms with Crippen LogP contribution in [0.3, 0.4) is 0 Å². The SMILES string of the molecule is C=CC(CCC(C)S(=O)(=O)c1ccc(N2CCC(=CCC(C)CC)OC2)cc1)N1COC2=CCC=C(C)C=C(C2)C1. The van der Waals surface area contributed by atoms with Crippen molar-refractivity contribution in [3.63, 3.8) is 0 Å². The van der Waals surface area contributed by atoms with Crippen molar-refractivity contribution < 1.29 is 17.9 Å². The molecule has 0 saturated carbocycles. The Morgan fingerprint density at radius 1 is 1.07 bits per heavy atom. The van der Waals surface area contributed by atoms with Gasteiger partial charge in [0.05, 0.1) is 21.7 Å². The van der Waals surface area contributed by atoms with E-state index in [1.54, 1.807) is 12.1 Å². The van der Waals surface area contributed by atoms with Gasteiger partial charge in [0.2, 0.25) is 0 Å². The van der Waals surface area contributed by atoms with Gasteiger partial charge in [0, 0.05) is 37.7 Å². The third-order valence-electron chi connectivity index (χ3n) is 8.59. The first kappa shape index (κ1) is 31.2. The van der Waals surface area contributed by atoms with Crippen molar-refractivity contribution in [2.24, 2.45) is 5.92 Å². The molecule has 2 bridgehead atoms. The van der Waals surface area contributed by atoms with Gasteiger partial charge >= 0.3 is 0 Å². The summed E-state index contributed by atoms with van der Waals surface area (Å²) < 4.78 is 39.0. The predicted octanol–water partition coefficient (Wildman–Crippen LogP) is 7.53. The summed E-state index contributed by atoms with van der Waals surface area (Å²) >= 11 is 0. The summed E-state index contributed by atoms with van der Waals surface area (Å²) in [6.07, 6.45) is 16.8. The lowest BCUT2D eigenvalue weighted by Gasteiger charge is -2.31. The van der Waals surface area contributed by atoms with E-state index < -0.39 is 15.1 Å². The average Bonchev–Trinajstić information content (AvgIpc) is 3.18. The van der Waals surface area contributed by atoms with E-state index in [1.165, 1.54) is 17.6 Å². The van der Waals surface area contributed by atoms with E-state index in [0.29, 0.717) is 37.1 Å². The molecule has 3 unspecified atom stereocenters. The highest BCUT2D eigenvalue weighted by atomic mass is 32.2. The number of hydrogen-bond donors (Lipinski definition) is 0. The molecule has 2 heterocycles. The molecular formula is C34H48N2O4S. The fraction of sp³-hybridized carbons (Fsp3) is 0.529. The zero-order valence-corrected chi connectivity index (χ0v) is 26.2. The number of rotatable bonds is 11. The Labute approximate surface area is 248 Å². The summed E-state index contributed by atoms with van der Waals surface area (Å²) in [6.45, 7) is 15.1. The molecule has 0 N–H and O–H groups in total. The van der Waals surface area contributed by atoms with E-state index in [4.69, 9.17) is 9.47 Å². The first-order valence-corrected chi connectivity index (χ1v) is 16.7. The number of fused-ring (bicyclic) bond motifs is 2. The first-order valence-electron chi connectivity index (χ1n) is 15.1. The molecule has 0 aromatic heterocycles. The van der Waals surface area contributed by atoms with Gasteiger partial charge in [0.1, 0.15) is 6.73 Å². The van der Waals surface area contributed by atoms with Crippen molar-refractivity contribution in [3.8, 4) is 0 Å². The van der Waals surface area contributed by atoms with E-state index in [-0.39, 0.29) is 6.04 Å². The summed E-state index contributed by atoms with van der Waals surface area (Å²) in [6, 6.07) is 7.32. The van der Waals surface area contributed by atoms with Crippen LogP contribution in [0.5, 0.6) is 0 Å². The summed E-state index contributed by atoms with van der Waals surface area (Å²) in [5, 5.41) is -0.502. The van der Waals surface area contributed by atoms with Gasteiger partial charge in [-0.1, -0.05) is 44.1 Å². The maximum atomic E-state index is 13.5. The van der Waals surface area contributed by atoms with Crippen LogP contribution in [0.15, 0.2) is 88.8 Å². The lowest BCUT2D eigenvalue weighted by atomic mass is 10.0. The van der Waals surface area contributed by atoms with Crippen molar-refractivity contribution >= 4 is 15.5 Å². The normalized spacial score (nSPS) is 21.6. The van der Waals surface area contributed by atoms with Crippen molar-refractivity contribution in [2.45, 2.75) is 88.8 Å². The van der Waals surface area contributed by atoms with Crippen LogP contribution in [0.25, 0.3) is 0 Å². The Morgan fingerprint density at radius 3 is 2.54 bits per heavy atom. The Hall–Kier alpha value is -2.77. The van der Waals surface area contributed by atoms with Gasteiger partial charge < -0.3 is 14.4 Å². The molecule has 2 saturated heterocycles. The molecule has 1 aromatic carbocycles. The lowest BCUT2D eigenvalue weighted by Crippen LogP contribution is -2.36. The smallest absolute Gasteiger partial charge is 0.180 e. The molecule has 0 amide bonds. The third kappa shape index (κ3) is 8.39. The van der Waals surface area contributed by atoms with Gasteiger partial charge in [-0.2, -0.15) is 0 Å². The van der Waals surface area contributed by atoms with Gasteiger partial charge in [-0.05, 0) is 87.4 Å². The Bertz CT molecular complexity index is 1270. The highest BCUT2D eigenvalue weighted by Crippen LogP contribution is 2.28. The maximum absolute atomic E-state index is 13.5. The molecule has 2 aliphatic heterocycles. The van der Waals surface area contributed by atoms with Crippen molar-refractivity contribution in [2.75, 3.05) is 31.5 Å². The maximum Gasteiger partial charge on any atom is 0.180 e. The van der Waals surface area contributed by atoms with Crippen LogP contribution in [0.2, 0.25) is 0 Å². The van der Waals surface area contributed by atoms with Crippen LogP contribution in [0.4, 0.5) is 5.69 Å². The molecule has 3 atom stereocenters. The minimum absolute atomic E-state index is 0.0334. The largest absolute Gasteiger partial charge is 0.482 e. The quantitative estimate of drug-likeness (QED) is 0.252. The standard InChI is InChI=1S/C34H48N2O4S/c1-6-26(3)11-16-32-19-20-35(24-39-32)31-14-17-34(18-15-31)41(37,38)28(5)12-13-30(7-2)36-23-29-21-27(4)9-8-10-33(22-29)40-25-36/h7,9-10,14-18,21,26,28,30H,2,6,8,11-13,19-20,22-25H2,1,3-5H3. The Kier molecular flexibility index (Phi) is 11.0. The molecule has 0 spiro atoms. The third-order valence-corrected chi connectivity index (χ3v) is 10.8. The van der Waals surface area contributed by atoms with Crippen LogP contribution in [-0.2, 0) is 19.3 Å². The van der Waals surface area contributed by atoms with Gasteiger partial charge in [0.15, 0.2) is 16.6 Å². The number of sulfone groups is 1. The molecule has 2 fully saturated rings. The number of hydrogen-bond acceptors (Lipinski definition) is 6. The molecule has 0 radical (unpaired) electrons. The van der Waals surface area contributed by atoms with E-state index >= 15 is 0 Å². The molecule has 6 nitrogen and oxygen atoms in total. The fourth-order valence-electron chi connectivity index (χ4n) is 5.50. The second kappa shape index (κ2) is 14.4. The van der Waals surface area contributed by atoms with E-state index in [9.17, 15) is 8.42 Å². The monoisotopic (exact) mass is 580 g/mol. The Balaban J connectivity index is 1.33. The van der Waals surface area contributed by atoms with Crippen LogP contribution in [0, 0.1) is 5.92 Å². The number of nitrogens with zero attached hydrogens (tertiary/aromatic N) is 2. The van der Waals surface area contributed by atoms with Gasteiger partial charge in [-0.15, -0.1) is 6.58 Å². The van der Waals surface area contributed by atoms with Gasteiger partial charge in [0.25, 0.3) is 0 Å². The zero-order valence-electron chi connectivity index (χ0n) is 25.3. The summed E-state index contributed by atoms with van der Waals surface area (Å²) in [4.78, 5) is 4.78. The minimum Gasteiger partial charge on any atom is -0.482 e. The summed E-state index contributed by atoms with van der Waals surface area (Å²) in [7, 11) is -3.46. The topological polar surface area (TPSA) is 59.1 Å². The minimum atomic E-state index is -3.46. The number of allylic oxidation sites excluding steroid dienone is 6. The van der Waals surface area contributed by atoms with E-state index in [2.05, 4.69) is 61.5 Å². The van der Waals surface area contributed by atoms with Crippen molar-refractivity contribution in [1.29, 1.82) is 0 Å². The van der Waals surface area contributed by atoms with Crippen LogP contribution in [0.1, 0.15) is 72.6 Å².